The minimum atomic E-state index is -1.19. The molecule has 0 saturated carbocycles. The zero-order valence-electron chi connectivity index (χ0n) is 12.8. The number of hydrogen-bond acceptors (Lipinski definition) is 4. The van der Waals surface area contributed by atoms with Gasteiger partial charge in [-0.15, -0.1) is 0 Å². The lowest BCUT2D eigenvalue weighted by Gasteiger charge is -2.17. The molecule has 0 spiro atoms. The van der Waals surface area contributed by atoms with Crippen LogP contribution in [-0.2, 0) is 0 Å². The van der Waals surface area contributed by atoms with Crippen molar-refractivity contribution < 1.29 is 19.5 Å². The highest BCUT2D eigenvalue weighted by atomic mass is 32.1. The summed E-state index contributed by atoms with van der Waals surface area (Å²) in [6.45, 7) is 0. The van der Waals surface area contributed by atoms with Crippen LogP contribution < -0.4 is 4.90 Å². The second-order valence-corrected chi connectivity index (χ2v) is 6.32. The van der Waals surface area contributed by atoms with Gasteiger partial charge in [0.1, 0.15) is 0 Å². The molecule has 5 nitrogen and oxygen atoms in total. The van der Waals surface area contributed by atoms with Crippen molar-refractivity contribution in [2.75, 3.05) is 4.90 Å². The smallest absolute Gasteiger partial charge is 0.337 e. The van der Waals surface area contributed by atoms with Gasteiger partial charge < -0.3 is 5.11 Å². The molecule has 6 heteroatoms. The third-order valence-corrected chi connectivity index (χ3v) is 4.80. The molecule has 0 radical (unpaired) electrons. The van der Waals surface area contributed by atoms with E-state index in [1.54, 1.807) is 36.4 Å². The molecule has 0 unspecified atom stereocenters. The van der Waals surface area contributed by atoms with Crippen molar-refractivity contribution in [2.24, 2.45) is 0 Å². The molecule has 2 amide bonds. The minimum absolute atomic E-state index is 0.0856. The summed E-state index contributed by atoms with van der Waals surface area (Å²) < 4.78 is 0. The zero-order valence-corrected chi connectivity index (χ0v) is 13.6. The summed E-state index contributed by atoms with van der Waals surface area (Å²) in [4.78, 5) is 38.0. The maximum atomic E-state index is 12.7. The van der Waals surface area contributed by atoms with Gasteiger partial charge in [-0.1, -0.05) is 18.2 Å². The van der Waals surface area contributed by atoms with E-state index < -0.39 is 17.8 Å². The second kappa shape index (κ2) is 5.68. The lowest BCUT2D eigenvalue weighted by atomic mass is 10.0. The van der Waals surface area contributed by atoms with Crippen molar-refractivity contribution in [3.63, 3.8) is 0 Å². The average Bonchev–Trinajstić information content (AvgIpc) is 3.23. The van der Waals surface area contributed by atoms with Crippen molar-refractivity contribution >= 4 is 34.8 Å². The minimum Gasteiger partial charge on any atom is -0.478 e. The van der Waals surface area contributed by atoms with E-state index in [1.165, 1.54) is 17.4 Å². The van der Waals surface area contributed by atoms with Gasteiger partial charge in [0.05, 0.1) is 22.4 Å². The molecule has 122 valence electrons. The number of hydrogen-bond donors (Lipinski definition) is 1. The van der Waals surface area contributed by atoms with E-state index >= 15 is 0 Å². The number of carboxylic acids is 1. The Bertz CT molecular complexity index is 989. The van der Waals surface area contributed by atoms with E-state index in [0.29, 0.717) is 0 Å². The molecule has 4 rings (SSSR count). The van der Waals surface area contributed by atoms with E-state index in [2.05, 4.69) is 0 Å². The maximum absolute atomic E-state index is 12.7. The molecule has 1 N–H and O–H groups in total. The van der Waals surface area contributed by atoms with Crippen LogP contribution in [0.5, 0.6) is 0 Å². The van der Waals surface area contributed by atoms with Crippen molar-refractivity contribution in [3.05, 3.63) is 76.0 Å². The molecule has 25 heavy (non-hydrogen) atoms. The number of imide groups is 1. The van der Waals surface area contributed by atoms with Crippen molar-refractivity contribution in [3.8, 4) is 11.1 Å². The summed E-state index contributed by atoms with van der Waals surface area (Å²) in [6, 6.07) is 13.1. The number of carbonyl (C=O) groups is 3. The highest BCUT2D eigenvalue weighted by molar-refractivity contribution is 7.08. The second-order valence-electron chi connectivity index (χ2n) is 5.54. The number of nitrogens with zero attached hydrogens (tertiary/aromatic N) is 1. The molecule has 1 aliphatic rings. The first-order valence-electron chi connectivity index (χ1n) is 7.45. The van der Waals surface area contributed by atoms with Crippen molar-refractivity contribution in [2.45, 2.75) is 0 Å². The Kier molecular flexibility index (Phi) is 3.47. The molecule has 3 aromatic rings. The fourth-order valence-corrected chi connectivity index (χ4v) is 3.58. The van der Waals surface area contributed by atoms with E-state index in [1.807, 2.05) is 16.8 Å². The molecule has 0 atom stereocenters. The van der Waals surface area contributed by atoms with Gasteiger partial charge in [-0.3, -0.25) is 9.59 Å². The standard InChI is InChI=1S/C19H11NO4S/c21-17-13-3-1-2-4-14(13)18(22)20(17)16-9-11(12-7-8-25-10-12)5-6-15(16)19(23)24/h1-10H,(H,23,24). The van der Waals surface area contributed by atoms with Crippen LogP contribution in [0.1, 0.15) is 31.1 Å². The summed E-state index contributed by atoms with van der Waals surface area (Å²) in [5.41, 5.74) is 2.21. The summed E-state index contributed by atoms with van der Waals surface area (Å²) in [6.07, 6.45) is 0. The number of rotatable bonds is 3. The van der Waals surface area contributed by atoms with Crippen LogP contribution in [0.4, 0.5) is 5.69 Å². The van der Waals surface area contributed by atoms with Gasteiger partial charge in [-0.25, -0.2) is 9.69 Å². The number of aromatic carboxylic acids is 1. The molecule has 0 saturated heterocycles. The summed E-state index contributed by atoms with van der Waals surface area (Å²) in [5.74, 6) is -2.21. The maximum Gasteiger partial charge on any atom is 0.337 e. The van der Waals surface area contributed by atoms with E-state index in [-0.39, 0.29) is 22.4 Å². The SMILES string of the molecule is O=C(O)c1ccc(-c2ccsc2)cc1N1C(=O)c2ccccc2C1=O. The summed E-state index contributed by atoms with van der Waals surface area (Å²) in [7, 11) is 0. The van der Waals surface area contributed by atoms with Crippen LogP contribution in [0, 0.1) is 0 Å². The van der Waals surface area contributed by atoms with Gasteiger partial charge in [0.25, 0.3) is 11.8 Å². The Balaban J connectivity index is 1.90. The Morgan fingerprint density at radius 3 is 2.16 bits per heavy atom. The van der Waals surface area contributed by atoms with Gasteiger partial charge in [0, 0.05) is 0 Å². The Labute approximate surface area is 146 Å². The molecule has 1 aromatic heterocycles. The molecule has 0 fully saturated rings. The van der Waals surface area contributed by atoms with Gasteiger partial charge in [0.15, 0.2) is 0 Å². The zero-order chi connectivity index (χ0) is 17.6. The first kappa shape index (κ1) is 15.3. The summed E-state index contributed by atoms with van der Waals surface area (Å²) in [5, 5.41) is 13.3. The molecule has 0 bridgehead atoms. The number of carboxylic acid groups (broad SMARTS) is 1. The van der Waals surface area contributed by atoms with Crippen LogP contribution in [0.15, 0.2) is 59.3 Å². The highest BCUT2D eigenvalue weighted by Crippen LogP contribution is 2.34. The number of thiophene rings is 1. The average molecular weight is 349 g/mol. The number of benzene rings is 2. The van der Waals surface area contributed by atoms with Gasteiger partial charge in [-0.2, -0.15) is 11.3 Å². The van der Waals surface area contributed by atoms with Crippen molar-refractivity contribution in [1.82, 2.24) is 0 Å². The molecular formula is C19H11NO4S. The lowest BCUT2D eigenvalue weighted by Crippen LogP contribution is -2.31. The summed E-state index contributed by atoms with van der Waals surface area (Å²) >= 11 is 1.51. The predicted molar refractivity (Wildman–Crippen MR) is 94.3 cm³/mol. The fraction of sp³-hybridized carbons (Fsp3) is 0. The van der Waals surface area contributed by atoms with Crippen LogP contribution in [0.2, 0.25) is 0 Å². The van der Waals surface area contributed by atoms with Crippen LogP contribution >= 0.6 is 11.3 Å². The first-order valence-corrected chi connectivity index (χ1v) is 8.40. The molecule has 1 aliphatic heterocycles. The van der Waals surface area contributed by atoms with E-state index in [0.717, 1.165) is 16.0 Å². The third kappa shape index (κ3) is 2.35. The van der Waals surface area contributed by atoms with Crippen LogP contribution in [-0.4, -0.2) is 22.9 Å². The Morgan fingerprint density at radius 1 is 0.920 bits per heavy atom. The highest BCUT2D eigenvalue weighted by Gasteiger charge is 2.38. The molecule has 2 heterocycles. The molecule has 0 aliphatic carbocycles. The largest absolute Gasteiger partial charge is 0.478 e. The number of fused-ring (bicyclic) bond motifs is 1. The number of amides is 2. The van der Waals surface area contributed by atoms with Gasteiger partial charge >= 0.3 is 5.97 Å². The van der Waals surface area contributed by atoms with Crippen molar-refractivity contribution in [1.29, 1.82) is 0 Å². The monoisotopic (exact) mass is 349 g/mol. The van der Waals surface area contributed by atoms with Gasteiger partial charge in [-0.05, 0) is 52.2 Å². The van der Waals surface area contributed by atoms with E-state index in [9.17, 15) is 19.5 Å². The third-order valence-electron chi connectivity index (χ3n) is 4.12. The lowest BCUT2D eigenvalue weighted by molar-refractivity contribution is 0.0698. The normalized spacial score (nSPS) is 13.2. The first-order chi connectivity index (χ1) is 12.1. The van der Waals surface area contributed by atoms with Gasteiger partial charge in [0.2, 0.25) is 0 Å². The quantitative estimate of drug-likeness (QED) is 0.728. The van der Waals surface area contributed by atoms with Crippen LogP contribution in [0.3, 0.4) is 0 Å². The molecule has 2 aromatic carbocycles. The predicted octanol–water partition coefficient (Wildman–Crippen LogP) is 3.91. The number of anilines is 1. The molecular weight excluding hydrogens is 338 g/mol. The number of carbonyl (C=O) groups excluding carboxylic acids is 2. The Morgan fingerprint density at radius 2 is 1.60 bits per heavy atom. The topological polar surface area (TPSA) is 74.7 Å². The van der Waals surface area contributed by atoms with E-state index in [4.69, 9.17) is 0 Å². The fourth-order valence-electron chi connectivity index (χ4n) is 2.91. The van der Waals surface area contributed by atoms with Crippen LogP contribution in [0.25, 0.3) is 11.1 Å². The Hall–Kier alpha value is -3.25.